The SMILES string of the molecule is Cc1ccc(S(=O)(=O)NC(=O)Nc2cc(N3CCCC3)ccc2Cl)cc1. The van der Waals surface area contributed by atoms with E-state index in [1.807, 2.05) is 17.7 Å². The van der Waals surface area contributed by atoms with Gasteiger partial charge in [0.1, 0.15) is 0 Å². The first-order chi connectivity index (χ1) is 12.3. The van der Waals surface area contributed by atoms with E-state index in [2.05, 4.69) is 10.2 Å². The molecule has 2 aromatic carbocycles. The van der Waals surface area contributed by atoms with Gasteiger partial charge < -0.3 is 10.2 Å². The molecule has 0 spiro atoms. The predicted octanol–water partition coefficient (Wildman–Crippen LogP) is 3.76. The standard InChI is InChI=1S/C18H20ClN3O3S/c1-13-4-7-15(8-5-13)26(24,25)21-18(23)20-17-12-14(6-9-16(17)19)22-10-2-3-11-22/h4-9,12H,2-3,10-11H2,1H3,(H2,20,21,23). The highest BCUT2D eigenvalue weighted by Gasteiger charge is 2.19. The second-order valence-corrected chi connectivity index (χ2v) is 8.32. The molecule has 1 aliphatic rings. The monoisotopic (exact) mass is 393 g/mol. The molecular formula is C18H20ClN3O3S. The van der Waals surface area contributed by atoms with E-state index < -0.39 is 16.1 Å². The molecule has 26 heavy (non-hydrogen) atoms. The number of nitrogens with zero attached hydrogens (tertiary/aromatic N) is 1. The van der Waals surface area contributed by atoms with Gasteiger partial charge in [0, 0.05) is 18.8 Å². The minimum atomic E-state index is -3.95. The van der Waals surface area contributed by atoms with E-state index in [0.717, 1.165) is 37.2 Å². The Morgan fingerprint density at radius 1 is 1.08 bits per heavy atom. The van der Waals surface area contributed by atoms with Gasteiger partial charge in [-0.05, 0) is 50.1 Å². The molecule has 1 fully saturated rings. The molecule has 0 saturated carbocycles. The molecule has 1 aliphatic heterocycles. The number of aryl methyl sites for hydroxylation is 1. The van der Waals surface area contributed by atoms with Crippen molar-refractivity contribution in [2.24, 2.45) is 0 Å². The van der Waals surface area contributed by atoms with E-state index in [0.29, 0.717) is 10.7 Å². The van der Waals surface area contributed by atoms with Crippen molar-refractivity contribution in [2.75, 3.05) is 23.3 Å². The van der Waals surface area contributed by atoms with Crippen molar-refractivity contribution >= 4 is 39.0 Å². The lowest BCUT2D eigenvalue weighted by molar-refractivity contribution is 0.256. The van der Waals surface area contributed by atoms with Gasteiger partial charge in [0.25, 0.3) is 10.0 Å². The summed E-state index contributed by atoms with van der Waals surface area (Å²) in [4.78, 5) is 14.4. The summed E-state index contributed by atoms with van der Waals surface area (Å²) in [6.07, 6.45) is 2.25. The largest absolute Gasteiger partial charge is 0.371 e. The maximum Gasteiger partial charge on any atom is 0.333 e. The number of anilines is 2. The summed E-state index contributed by atoms with van der Waals surface area (Å²) >= 11 is 6.14. The lowest BCUT2D eigenvalue weighted by atomic mass is 10.2. The topological polar surface area (TPSA) is 78.5 Å². The molecule has 1 heterocycles. The lowest BCUT2D eigenvalue weighted by Gasteiger charge is -2.19. The van der Waals surface area contributed by atoms with Gasteiger partial charge in [0.05, 0.1) is 15.6 Å². The van der Waals surface area contributed by atoms with E-state index >= 15 is 0 Å². The Morgan fingerprint density at radius 3 is 2.38 bits per heavy atom. The number of benzene rings is 2. The average Bonchev–Trinajstić information content (AvgIpc) is 3.11. The van der Waals surface area contributed by atoms with E-state index in [1.165, 1.54) is 12.1 Å². The third-order valence-electron chi connectivity index (χ3n) is 4.23. The minimum absolute atomic E-state index is 0.0233. The highest BCUT2D eigenvalue weighted by atomic mass is 35.5. The number of carbonyl (C=O) groups excluding carboxylic acids is 1. The van der Waals surface area contributed by atoms with E-state index in [9.17, 15) is 13.2 Å². The van der Waals surface area contributed by atoms with Crippen molar-refractivity contribution in [1.82, 2.24) is 4.72 Å². The smallest absolute Gasteiger partial charge is 0.333 e. The van der Waals surface area contributed by atoms with Crippen LogP contribution in [-0.2, 0) is 10.0 Å². The number of urea groups is 1. The Bertz CT molecular complexity index is 908. The zero-order chi connectivity index (χ0) is 18.7. The zero-order valence-electron chi connectivity index (χ0n) is 14.3. The molecule has 2 aromatic rings. The predicted molar refractivity (Wildman–Crippen MR) is 103 cm³/mol. The molecular weight excluding hydrogens is 374 g/mol. The Kier molecular flexibility index (Phi) is 5.38. The maximum absolute atomic E-state index is 12.3. The number of hydrogen-bond donors (Lipinski definition) is 2. The van der Waals surface area contributed by atoms with Crippen molar-refractivity contribution in [2.45, 2.75) is 24.7 Å². The molecule has 0 aromatic heterocycles. The van der Waals surface area contributed by atoms with Crippen LogP contribution < -0.4 is 14.9 Å². The van der Waals surface area contributed by atoms with Crippen LogP contribution in [0.4, 0.5) is 16.2 Å². The van der Waals surface area contributed by atoms with Crippen LogP contribution in [0.2, 0.25) is 5.02 Å². The van der Waals surface area contributed by atoms with Gasteiger partial charge >= 0.3 is 6.03 Å². The molecule has 0 atom stereocenters. The molecule has 1 saturated heterocycles. The average molecular weight is 394 g/mol. The number of rotatable bonds is 4. The summed E-state index contributed by atoms with van der Waals surface area (Å²) in [7, 11) is -3.95. The maximum atomic E-state index is 12.3. The van der Waals surface area contributed by atoms with Crippen LogP contribution in [0.1, 0.15) is 18.4 Å². The first-order valence-electron chi connectivity index (χ1n) is 8.30. The number of sulfonamides is 1. The summed E-state index contributed by atoms with van der Waals surface area (Å²) < 4.78 is 26.6. The third-order valence-corrected chi connectivity index (χ3v) is 5.90. The number of hydrogen-bond acceptors (Lipinski definition) is 4. The molecule has 8 heteroatoms. The minimum Gasteiger partial charge on any atom is -0.371 e. The van der Waals surface area contributed by atoms with Gasteiger partial charge in [0.2, 0.25) is 0 Å². The van der Waals surface area contributed by atoms with Crippen LogP contribution >= 0.6 is 11.6 Å². The normalized spacial score (nSPS) is 14.3. The van der Waals surface area contributed by atoms with E-state index in [-0.39, 0.29) is 4.90 Å². The van der Waals surface area contributed by atoms with Gasteiger partial charge in [-0.2, -0.15) is 0 Å². The first kappa shape index (κ1) is 18.5. The molecule has 0 bridgehead atoms. The fourth-order valence-corrected chi connectivity index (χ4v) is 3.90. The summed E-state index contributed by atoms with van der Waals surface area (Å²) in [6.45, 7) is 3.76. The van der Waals surface area contributed by atoms with E-state index in [4.69, 9.17) is 11.6 Å². The fraction of sp³-hybridized carbons (Fsp3) is 0.278. The van der Waals surface area contributed by atoms with Crippen LogP contribution in [0.3, 0.4) is 0 Å². The Morgan fingerprint density at radius 2 is 1.73 bits per heavy atom. The summed E-state index contributed by atoms with van der Waals surface area (Å²) in [5, 5.41) is 2.87. The molecule has 0 aliphatic carbocycles. The second-order valence-electron chi connectivity index (χ2n) is 6.23. The summed E-state index contributed by atoms with van der Waals surface area (Å²) in [6, 6.07) is 10.7. The molecule has 6 nitrogen and oxygen atoms in total. The fourth-order valence-electron chi connectivity index (χ4n) is 2.83. The van der Waals surface area contributed by atoms with Gasteiger partial charge in [-0.3, -0.25) is 0 Å². The van der Waals surface area contributed by atoms with Crippen LogP contribution in [0.15, 0.2) is 47.4 Å². The van der Waals surface area contributed by atoms with Crippen LogP contribution in [0, 0.1) is 6.92 Å². The van der Waals surface area contributed by atoms with Gasteiger partial charge in [0.15, 0.2) is 0 Å². The molecule has 0 radical (unpaired) electrons. The molecule has 2 N–H and O–H groups in total. The quantitative estimate of drug-likeness (QED) is 0.828. The molecule has 3 rings (SSSR count). The van der Waals surface area contributed by atoms with E-state index in [1.54, 1.807) is 24.3 Å². The van der Waals surface area contributed by atoms with Crippen molar-refractivity contribution in [3.8, 4) is 0 Å². The third kappa shape index (κ3) is 4.28. The summed E-state index contributed by atoms with van der Waals surface area (Å²) in [5.41, 5.74) is 2.25. The number of amides is 2. The lowest BCUT2D eigenvalue weighted by Crippen LogP contribution is -2.34. The van der Waals surface area contributed by atoms with Crippen molar-refractivity contribution in [1.29, 1.82) is 0 Å². The molecule has 2 amide bonds. The summed E-state index contributed by atoms with van der Waals surface area (Å²) in [5.74, 6) is 0. The van der Waals surface area contributed by atoms with Gasteiger partial charge in [-0.15, -0.1) is 0 Å². The second kappa shape index (κ2) is 7.55. The zero-order valence-corrected chi connectivity index (χ0v) is 15.9. The highest BCUT2D eigenvalue weighted by molar-refractivity contribution is 7.90. The van der Waals surface area contributed by atoms with Crippen LogP contribution in [0.5, 0.6) is 0 Å². The first-order valence-corrected chi connectivity index (χ1v) is 10.2. The van der Waals surface area contributed by atoms with Crippen molar-refractivity contribution < 1.29 is 13.2 Å². The highest BCUT2D eigenvalue weighted by Crippen LogP contribution is 2.29. The molecule has 138 valence electrons. The van der Waals surface area contributed by atoms with Gasteiger partial charge in [-0.25, -0.2) is 17.9 Å². The van der Waals surface area contributed by atoms with Crippen molar-refractivity contribution in [3.05, 3.63) is 53.1 Å². The van der Waals surface area contributed by atoms with Crippen molar-refractivity contribution in [3.63, 3.8) is 0 Å². The van der Waals surface area contributed by atoms with Crippen LogP contribution in [0.25, 0.3) is 0 Å². The Hall–Kier alpha value is -2.25. The number of nitrogens with one attached hydrogen (secondary N) is 2. The number of halogens is 1. The van der Waals surface area contributed by atoms with Crippen LogP contribution in [-0.4, -0.2) is 27.5 Å². The Labute approximate surface area is 158 Å². The Balaban J connectivity index is 1.73. The number of carbonyl (C=O) groups is 1. The molecule has 0 unspecified atom stereocenters. The van der Waals surface area contributed by atoms with Gasteiger partial charge in [-0.1, -0.05) is 29.3 Å².